The van der Waals surface area contributed by atoms with Crippen molar-refractivity contribution in [3.8, 4) is 0 Å². The lowest BCUT2D eigenvalue weighted by Gasteiger charge is -2.32. The van der Waals surface area contributed by atoms with Crippen LogP contribution in [0.5, 0.6) is 0 Å². The van der Waals surface area contributed by atoms with Gasteiger partial charge >= 0.3 is 0 Å². The number of carbonyl (C=O) groups is 2. The fraction of sp³-hybridized carbons (Fsp3) is 0.467. The van der Waals surface area contributed by atoms with E-state index in [-0.39, 0.29) is 29.7 Å². The second-order valence-corrected chi connectivity index (χ2v) is 8.93. The Morgan fingerprint density at radius 3 is 2.23 bits per heavy atom. The van der Waals surface area contributed by atoms with Gasteiger partial charge in [-0.15, -0.1) is 0 Å². The highest BCUT2D eigenvalue weighted by Gasteiger charge is 2.39. The van der Waals surface area contributed by atoms with Gasteiger partial charge in [-0.25, -0.2) is 0 Å². The summed E-state index contributed by atoms with van der Waals surface area (Å²) in [5, 5.41) is 2.91. The topological polar surface area (TPSA) is 49.4 Å². The predicted octanol–water partition coefficient (Wildman–Crippen LogP) is 4.56. The lowest BCUT2D eigenvalue weighted by atomic mass is 10.1. The van der Waals surface area contributed by atoms with E-state index in [0.717, 1.165) is 13.4 Å². The Morgan fingerprint density at radius 1 is 1.23 bits per heavy atom. The third-order valence-electron chi connectivity index (χ3n) is 3.56. The van der Waals surface area contributed by atoms with Crippen molar-refractivity contribution in [2.75, 3.05) is 11.9 Å². The molecule has 1 aromatic rings. The van der Waals surface area contributed by atoms with E-state index in [4.69, 9.17) is 0 Å². The van der Waals surface area contributed by atoms with E-state index in [9.17, 15) is 9.59 Å². The number of amides is 2. The van der Waals surface area contributed by atoms with E-state index >= 15 is 0 Å². The van der Waals surface area contributed by atoms with Crippen LogP contribution in [-0.4, -0.2) is 28.8 Å². The van der Waals surface area contributed by atoms with E-state index in [2.05, 4.69) is 53.1 Å². The summed E-state index contributed by atoms with van der Waals surface area (Å²) in [6.45, 7) is 6.40. The molecule has 2 rings (SSSR count). The van der Waals surface area contributed by atoms with Crippen molar-refractivity contribution >= 4 is 65.3 Å². The second-order valence-electron chi connectivity index (χ2n) is 6.31. The molecule has 1 saturated heterocycles. The number of likely N-dealkylation sites (tertiary alicyclic amines) is 1. The molecule has 4 nitrogen and oxygen atoms in total. The van der Waals surface area contributed by atoms with Crippen LogP contribution < -0.4 is 5.32 Å². The third kappa shape index (κ3) is 3.92. The molecule has 1 aliphatic heterocycles. The maximum atomic E-state index is 12.5. The summed E-state index contributed by atoms with van der Waals surface area (Å²) >= 11 is 10.3. The van der Waals surface area contributed by atoms with Crippen molar-refractivity contribution in [2.24, 2.45) is 5.92 Å². The average molecular weight is 497 g/mol. The molecule has 1 fully saturated rings. The largest absolute Gasteiger partial charge is 0.337 e. The van der Waals surface area contributed by atoms with Gasteiger partial charge in [0.05, 0.1) is 11.6 Å². The van der Waals surface area contributed by atoms with E-state index in [1.165, 1.54) is 0 Å². The fourth-order valence-corrected chi connectivity index (χ4v) is 4.88. The number of nitrogens with zero attached hydrogens (tertiary/aromatic N) is 1. The first-order valence-electron chi connectivity index (χ1n) is 6.85. The van der Waals surface area contributed by atoms with E-state index < -0.39 is 0 Å². The van der Waals surface area contributed by atoms with Crippen LogP contribution in [0.1, 0.15) is 27.2 Å². The van der Waals surface area contributed by atoms with Gasteiger partial charge in [-0.2, -0.15) is 0 Å². The predicted molar refractivity (Wildman–Crippen MR) is 97.7 cm³/mol. The standard InChI is InChI=1S/C15H17Br3N2O2/c1-15(2,3)20-7-8(4-12(20)21)14(22)19-13-10(17)5-9(16)6-11(13)18/h5-6,8H,4,7H2,1-3H3,(H,19,22). The molecule has 120 valence electrons. The van der Waals surface area contributed by atoms with Gasteiger partial charge in [0.25, 0.3) is 0 Å². The number of nitrogens with one attached hydrogen (secondary N) is 1. The van der Waals surface area contributed by atoms with E-state index in [1.807, 2.05) is 32.9 Å². The smallest absolute Gasteiger partial charge is 0.229 e. The minimum atomic E-state index is -0.325. The first-order valence-corrected chi connectivity index (χ1v) is 9.23. The van der Waals surface area contributed by atoms with Gasteiger partial charge in [0.15, 0.2) is 0 Å². The summed E-state index contributed by atoms with van der Waals surface area (Å²) in [5.41, 5.74) is 0.417. The molecule has 0 aliphatic carbocycles. The average Bonchev–Trinajstić information content (AvgIpc) is 2.75. The molecule has 1 aliphatic rings. The SMILES string of the molecule is CC(C)(C)N1CC(C(=O)Nc2c(Br)cc(Br)cc2Br)CC1=O. The fourth-order valence-electron chi connectivity index (χ4n) is 2.42. The Hall–Kier alpha value is -0.400. The first kappa shape index (κ1) is 17.9. The van der Waals surface area contributed by atoms with Crippen molar-refractivity contribution in [3.05, 3.63) is 25.6 Å². The van der Waals surface area contributed by atoms with Crippen LogP contribution in [0, 0.1) is 5.92 Å². The number of carbonyl (C=O) groups excluding carboxylic acids is 2. The molecular formula is C15H17Br3N2O2. The molecule has 1 atom stereocenters. The van der Waals surface area contributed by atoms with E-state index in [0.29, 0.717) is 12.2 Å². The van der Waals surface area contributed by atoms with Gasteiger partial charge in [0.2, 0.25) is 11.8 Å². The third-order valence-corrected chi connectivity index (χ3v) is 5.27. The number of benzene rings is 1. The van der Waals surface area contributed by atoms with Crippen LogP contribution in [0.4, 0.5) is 5.69 Å². The van der Waals surface area contributed by atoms with Gasteiger partial charge in [0.1, 0.15) is 0 Å². The molecule has 1 heterocycles. The summed E-state index contributed by atoms with van der Waals surface area (Å²) in [7, 11) is 0. The zero-order chi connectivity index (χ0) is 16.7. The van der Waals surface area contributed by atoms with Crippen molar-refractivity contribution in [2.45, 2.75) is 32.7 Å². The summed E-state index contributed by atoms with van der Waals surface area (Å²) in [5.74, 6) is -0.431. The molecular weight excluding hydrogens is 480 g/mol. The zero-order valence-electron chi connectivity index (χ0n) is 12.5. The van der Waals surface area contributed by atoms with Crippen LogP contribution in [0.15, 0.2) is 25.6 Å². The number of rotatable bonds is 2. The minimum absolute atomic E-state index is 0.0292. The Kier molecular flexibility index (Phi) is 5.39. The molecule has 2 amide bonds. The maximum absolute atomic E-state index is 12.5. The summed E-state index contributed by atoms with van der Waals surface area (Å²) in [4.78, 5) is 26.3. The minimum Gasteiger partial charge on any atom is -0.337 e. The van der Waals surface area contributed by atoms with Crippen LogP contribution in [0.3, 0.4) is 0 Å². The highest BCUT2D eigenvalue weighted by atomic mass is 79.9. The first-order chi connectivity index (χ1) is 10.1. The molecule has 1 N–H and O–H groups in total. The Bertz CT molecular complexity index is 603. The number of hydrogen-bond acceptors (Lipinski definition) is 2. The molecule has 22 heavy (non-hydrogen) atoms. The maximum Gasteiger partial charge on any atom is 0.229 e. The van der Waals surface area contributed by atoms with Crippen LogP contribution in [0.25, 0.3) is 0 Å². The van der Waals surface area contributed by atoms with Gasteiger partial charge < -0.3 is 10.2 Å². The lowest BCUT2D eigenvalue weighted by molar-refractivity contribution is -0.131. The van der Waals surface area contributed by atoms with Gasteiger partial charge in [-0.05, 0) is 64.8 Å². The van der Waals surface area contributed by atoms with Crippen molar-refractivity contribution < 1.29 is 9.59 Å². The Labute approximate surface area is 155 Å². The van der Waals surface area contributed by atoms with Crippen LogP contribution in [-0.2, 0) is 9.59 Å². The molecule has 0 radical (unpaired) electrons. The lowest BCUT2D eigenvalue weighted by Crippen LogP contribution is -2.42. The van der Waals surface area contributed by atoms with Gasteiger partial charge in [-0.1, -0.05) is 15.9 Å². The van der Waals surface area contributed by atoms with Crippen molar-refractivity contribution in [1.82, 2.24) is 4.90 Å². The van der Waals surface area contributed by atoms with Crippen LogP contribution >= 0.6 is 47.8 Å². The quantitative estimate of drug-likeness (QED) is 0.652. The molecule has 7 heteroatoms. The highest BCUT2D eigenvalue weighted by Crippen LogP contribution is 2.35. The van der Waals surface area contributed by atoms with Gasteiger partial charge in [-0.3, -0.25) is 9.59 Å². The van der Waals surface area contributed by atoms with Crippen molar-refractivity contribution in [3.63, 3.8) is 0 Å². The molecule has 0 saturated carbocycles. The number of anilines is 1. The summed E-state index contributed by atoms with van der Waals surface area (Å²) in [6, 6.07) is 3.73. The highest BCUT2D eigenvalue weighted by molar-refractivity contribution is 9.11. The number of halogens is 3. The zero-order valence-corrected chi connectivity index (χ0v) is 17.3. The monoisotopic (exact) mass is 494 g/mol. The number of hydrogen-bond donors (Lipinski definition) is 1. The molecule has 0 spiro atoms. The summed E-state index contributed by atoms with van der Waals surface area (Å²) < 4.78 is 2.46. The molecule has 0 bridgehead atoms. The molecule has 1 aromatic carbocycles. The van der Waals surface area contributed by atoms with E-state index in [1.54, 1.807) is 4.90 Å². The molecule has 1 unspecified atom stereocenters. The van der Waals surface area contributed by atoms with Crippen LogP contribution in [0.2, 0.25) is 0 Å². The Balaban J connectivity index is 2.13. The van der Waals surface area contributed by atoms with Crippen molar-refractivity contribution in [1.29, 1.82) is 0 Å². The normalized spacial score (nSPS) is 18.7. The van der Waals surface area contributed by atoms with Gasteiger partial charge in [0, 0.05) is 31.9 Å². The summed E-state index contributed by atoms with van der Waals surface area (Å²) in [6.07, 6.45) is 0.259. The second kappa shape index (κ2) is 6.61. The molecule has 0 aromatic heterocycles. The Morgan fingerprint density at radius 2 is 1.77 bits per heavy atom.